The molecule has 2 N–H and O–H groups in total. The Bertz CT molecular complexity index is 948. The number of aryl methyl sites for hydroxylation is 1. The summed E-state index contributed by atoms with van der Waals surface area (Å²) in [6, 6.07) is 4.71. The van der Waals surface area contributed by atoms with Crippen LogP contribution in [0.5, 0.6) is 0 Å². The molecule has 7 nitrogen and oxygen atoms in total. The molecule has 2 fully saturated rings. The number of rotatable bonds is 2. The van der Waals surface area contributed by atoms with Crippen molar-refractivity contribution in [3.8, 4) is 0 Å². The minimum absolute atomic E-state index is 0.194. The van der Waals surface area contributed by atoms with E-state index in [2.05, 4.69) is 10.6 Å². The number of piperidine rings is 2. The van der Waals surface area contributed by atoms with Gasteiger partial charge in [0.2, 0.25) is 11.8 Å². The molecule has 0 bridgehead atoms. The third-order valence-corrected chi connectivity index (χ3v) is 5.46. The summed E-state index contributed by atoms with van der Waals surface area (Å²) in [5, 5.41) is 5.34. The Morgan fingerprint density at radius 1 is 1.19 bits per heavy atom. The number of carbonyl (C=O) groups is 2. The highest BCUT2D eigenvalue weighted by atomic mass is 19.1. The molecule has 2 aromatic rings. The van der Waals surface area contributed by atoms with Gasteiger partial charge in [0.25, 0.3) is 0 Å². The third-order valence-electron chi connectivity index (χ3n) is 5.46. The molecular weight excluding hydrogens is 339 g/mol. The van der Waals surface area contributed by atoms with Crippen LogP contribution < -0.4 is 16.3 Å². The van der Waals surface area contributed by atoms with Gasteiger partial charge >= 0.3 is 5.69 Å². The van der Waals surface area contributed by atoms with Crippen LogP contribution in [0.3, 0.4) is 0 Å². The average molecular weight is 360 g/mol. The van der Waals surface area contributed by atoms with Gasteiger partial charge in [-0.2, -0.15) is 0 Å². The van der Waals surface area contributed by atoms with E-state index in [1.54, 1.807) is 19.2 Å². The van der Waals surface area contributed by atoms with E-state index < -0.39 is 18.1 Å². The quantitative estimate of drug-likeness (QED) is 0.774. The van der Waals surface area contributed by atoms with Crippen molar-refractivity contribution >= 4 is 22.8 Å². The Balaban J connectivity index is 1.88. The number of nitrogens with one attached hydrogen (secondary N) is 2. The van der Waals surface area contributed by atoms with Gasteiger partial charge in [-0.25, -0.2) is 9.18 Å². The normalized spacial score (nSPS) is 26.9. The lowest BCUT2D eigenvalue weighted by Gasteiger charge is -2.27. The lowest BCUT2D eigenvalue weighted by Crippen LogP contribution is -2.44. The second kappa shape index (κ2) is 6.35. The summed E-state index contributed by atoms with van der Waals surface area (Å²) in [4.78, 5) is 36.6. The number of imidazole rings is 1. The van der Waals surface area contributed by atoms with Crippen LogP contribution in [0, 0.1) is 0 Å². The largest absolute Gasteiger partial charge is 0.329 e. The van der Waals surface area contributed by atoms with Crippen molar-refractivity contribution in [2.24, 2.45) is 7.05 Å². The molecule has 2 amide bonds. The maximum Gasteiger partial charge on any atom is 0.329 e. The molecule has 0 aliphatic carbocycles. The highest BCUT2D eigenvalue weighted by molar-refractivity contribution is 6.00. The van der Waals surface area contributed by atoms with Gasteiger partial charge in [0, 0.05) is 25.9 Å². The van der Waals surface area contributed by atoms with Crippen molar-refractivity contribution in [1.29, 1.82) is 0 Å². The number of imide groups is 1. The van der Waals surface area contributed by atoms with Gasteiger partial charge in [0.15, 0.2) is 0 Å². The molecule has 2 aliphatic rings. The molecule has 0 saturated carbocycles. The van der Waals surface area contributed by atoms with E-state index in [-0.39, 0.29) is 30.4 Å². The number of nitrogens with zero attached hydrogens (tertiary/aromatic N) is 2. The first kappa shape index (κ1) is 17.0. The average Bonchev–Trinajstić information content (AvgIpc) is 2.87. The van der Waals surface area contributed by atoms with E-state index in [1.807, 2.05) is 6.07 Å². The summed E-state index contributed by atoms with van der Waals surface area (Å²) in [6.07, 6.45) is 0.105. The molecular formula is C18H21FN4O3. The first-order valence-electron chi connectivity index (χ1n) is 8.87. The molecule has 2 aliphatic heterocycles. The topological polar surface area (TPSA) is 85.1 Å². The second-order valence-corrected chi connectivity index (χ2v) is 7.01. The fraction of sp³-hybridized carbons (Fsp3) is 0.500. The number of hydrogen-bond donors (Lipinski definition) is 2. The molecule has 0 spiro atoms. The first-order valence-corrected chi connectivity index (χ1v) is 8.87. The van der Waals surface area contributed by atoms with Gasteiger partial charge in [0.05, 0.1) is 11.0 Å². The third kappa shape index (κ3) is 2.56. The second-order valence-electron chi connectivity index (χ2n) is 7.01. The predicted molar refractivity (Wildman–Crippen MR) is 93.7 cm³/mol. The van der Waals surface area contributed by atoms with E-state index in [4.69, 9.17) is 0 Å². The van der Waals surface area contributed by atoms with E-state index in [1.165, 1.54) is 9.13 Å². The van der Waals surface area contributed by atoms with Gasteiger partial charge in [0.1, 0.15) is 12.2 Å². The highest BCUT2D eigenvalue weighted by Crippen LogP contribution is 2.34. The zero-order valence-electron chi connectivity index (χ0n) is 14.5. The lowest BCUT2D eigenvalue weighted by molar-refractivity contribution is -0.135. The number of hydrogen-bond acceptors (Lipinski definition) is 4. The van der Waals surface area contributed by atoms with Crippen molar-refractivity contribution in [2.45, 2.75) is 37.4 Å². The number of fused-ring (bicyclic) bond motifs is 1. The van der Waals surface area contributed by atoms with Crippen LogP contribution in [0.25, 0.3) is 11.0 Å². The number of benzene rings is 1. The maximum atomic E-state index is 14.5. The van der Waals surface area contributed by atoms with Gasteiger partial charge in [-0.3, -0.25) is 24.0 Å². The Hall–Kier alpha value is -2.48. The minimum atomic E-state index is -1.02. The van der Waals surface area contributed by atoms with Crippen molar-refractivity contribution in [3.63, 3.8) is 0 Å². The summed E-state index contributed by atoms with van der Waals surface area (Å²) in [5.74, 6) is -1.08. The summed E-state index contributed by atoms with van der Waals surface area (Å²) >= 11 is 0. The maximum absolute atomic E-state index is 14.5. The fourth-order valence-electron chi connectivity index (χ4n) is 4.17. The molecule has 1 aromatic carbocycles. The Morgan fingerprint density at radius 2 is 2.00 bits per heavy atom. The summed E-state index contributed by atoms with van der Waals surface area (Å²) in [7, 11) is 1.64. The van der Waals surface area contributed by atoms with Crippen LogP contribution in [0.4, 0.5) is 4.39 Å². The fourth-order valence-corrected chi connectivity index (χ4v) is 4.17. The smallest absolute Gasteiger partial charge is 0.314 e. The first-order chi connectivity index (χ1) is 12.5. The Labute approximate surface area is 149 Å². The molecule has 0 radical (unpaired) electrons. The van der Waals surface area contributed by atoms with Crippen molar-refractivity contribution < 1.29 is 14.0 Å². The predicted octanol–water partition coefficient (Wildman–Crippen LogP) is 0.733. The van der Waals surface area contributed by atoms with Crippen LogP contribution in [-0.4, -0.2) is 40.2 Å². The van der Waals surface area contributed by atoms with Crippen LogP contribution in [0.1, 0.15) is 36.8 Å². The van der Waals surface area contributed by atoms with Crippen LogP contribution in [0.2, 0.25) is 0 Å². The summed E-state index contributed by atoms with van der Waals surface area (Å²) in [6.45, 7) is 1.02. The van der Waals surface area contributed by atoms with Gasteiger partial charge < -0.3 is 5.32 Å². The number of para-hydroxylation sites is 1. The summed E-state index contributed by atoms with van der Waals surface area (Å²) < 4.78 is 17.4. The number of halogens is 1. The molecule has 1 aromatic heterocycles. The molecule has 138 valence electrons. The molecule has 3 heterocycles. The zero-order chi connectivity index (χ0) is 18.4. The minimum Gasteiger partial charge on any atom is -0.314 e. The van der Waals surface area contributed by atoms with Crippen LogP contribution in [-0.2, 0) is 16.6 Å². The molecule has 2 saturated heterocycles. The molecule has 8 heteroatoms. The van der Waals surface area contributed by atoms with Crippen LogP contribution in [0.15, 0.2) is 23.0 Å². The van der Waals surface area contributed by atoms with E-state index in [0.717, 1.165) is 12.1 Å². The highest BCUT2D eigenvalue weighted by Gasteiger charge is 2.33. The van der Waals surface area contributed by atoms with E-state index in [9.17, 15) is 18.8 Å². The van der Waals surface area contributed by atoms with Gasteiger partial charge in [-0.05, 0) is 31.0 Å². The van der Waals surface area contributed by atoms with Crippen molar-refractivity contribution in [1.82, 2.24) is 19.8 Å². The number of aromatic nitrogens is 2. The van der Waals surface area contributed by atoms with Crippen LogP contribution >= 0.6 is 0 Å². The van der Waals surface area contributed by atoms with E-state index in [0.29, 0.717) is 24.0 Å². The van der Waals surface area contributed by atoms with Crippen molar-refractivity contribution in [3.05, 3.63) is 34.2 Å². The molecule has 4 rings (SSSR count). The number of amides is 2. The lowest BCUT2D eigenvalue weighted by atomic mass is 9.88. The monoisotopic (exact) mass is 360 g/mol. The summed E-state index contributed by atoms with van der Waals surface area (Å²) in [5.41, 5.74) is 1.74. The molecule has 26 heavy (non-hydrogen) atoms. The number of carbonyl (C=O) groups excluding carboxylic acids is 2. The molecule has 3 atom stereocenters. The van der Waals surface area contributed by atoms with Crippen molar-refractivity contribution in [2.75, 3.05) is 13.1 Å². The SMILES string of the molecule is Cn1c(=O)n(C2CCC(=O)NC2=O)c2cccc(C3CCNCC3F)c21. The van der Waals surface area contributed by atoms with Gasteiger partial charge in [-0.1, -0.05) is 12.1 Å². The van der Waals surface area contributed by atoms with Gasteiger partial charge in [-0.15, -0.1) is 0 Å². The Kier molecular flexibility index (Phi) is 4.14. The standard InChI is InChI=1S/C18H21FN4O3/c1-22-16-11(10-7-8-20-9-12(10)19)3-2-4-13(16)23(18(22)26)14-5-6-15(24)21-17(14)25/h2-4,10,12,14,20H,5-9H2,1H3,(H,21,24,25). The van der Waals surface area contributed by atoms with E-state index >= 15 is 0 Å². The molecule has 3 unspecified atom stereocenters. The zero-order valence-corrected chi connectivity index (χ0v) is 14.5. The Morgan fingerprint density at radius 3 is 2.73 bits per heavy atom. The number of alkyl halides is 1.